The summed E-state index contributed by atoms with van der Waals surface area (Å²) < 4.78 is 0. The molecule has 0 unspecified atom stereocenters. The van der Waals surface area contributed by atoms with E-state index in [4.69, 9.17) is 0 Å². The predicted octanol–water partition coefficient (Wildman–Crippen LogP) is 2.89. The van der Waals surface area contributed by atoms with Crippen molar-refractivity contribution < 1.29 is 4.79 Å². The van der Waals surface area contributed by atoms with Crippen LogP contribution in [0.5, 0.6) is 0 Å². The van der Waals surface area contributed by atoms with Crippen molar-refractivity contribution in [2.45, 2.75) is 31.8 Å². The van der Waals surface area contributed by atoms with Crippen LogP contribution in [0.25, 0.3) is 11.3 Å². The Morgan fingerprint density at radius 2 is 1.87 bits per heavy atom. The minimum atomic E-state index is 0.0118. The number of fused-ring (bicyclic) bond motifs is 3. The average Bonchev–Trinajstić information content (AvgIpc) is 3.09. The van der Waals surface area contributed by atoms with Gasteiger partial charge in [-0.05, 0) is 56.5 Å². The third-order valence-electron chi connectivity index (χ3n) is 5.49. The Morgan fingerprint density at radius 1 is 1.13 bits per heavy atom. The van der Waals surface area contributed by atoms with Crippen LogP contribution in [-0.4, -0.2) is 41.0 Å². The van der Waals surface area contributed by atoms with E-state index in [1.807, 2.05) is 42.5 Å². The van der Waals surface area contributed by atoms with E-state index in [1.54, 1.807) is 0 Å². The highest BCUT2D eigenvalue weighted by Gasteiger charge is 2.40. The van der Waals surface area contributed by atoms with Gasteiger partial charge in [0.2, 0.25) is 0 Å². The van der Waals surface area contributed by atoms with Crippen molar-refractivity contribution in [3.8, 4) is 11.3 Å². The highest BCUT2D eigenvalue weighted by atomic mass is 16.2. The van der Waals surface area contributed by atoms with Crippen LogP contribution >= 0.6 is 0 Å². The smallest absolute Gasteiger partial charge is 0.267 e. The molecular weight excluding hydrogens is 286 g/mol. The molecule has 4 heteroatoms. The van der Waals surface area contributed by atoms with Crippen molar-refractivity contribution in [2.24, 2.45) is 5.92 Å². The fraction of sp³-hybridized carbons (Fsp3) is 0.421. The van der Waals surface area contributed by atoms with Gasteiger partial charge in [-0.25, -0.2) is 0 Å². The largest absolute Gasteiger partial charge is 0.351 e. The summed E-state index contributed by atoms with van der Waals surface area (Å²) in [5.74, 6) is 0.639. The molecule has 23 heavy (non-hydrogen) atoms. The average molecular weight is 309 g/mol. The fourth-order valence-electron chi connectivity index (χ4n) is 4.09. The summed E-state index contributed by atoms with van der Waals surface area (Å²) >= 11 is 0. The Bertz CT molecular complexity index is 684. The molecule has 3 aliphatic rings. The lowest BCUT2D eigenvalue weighted by atomic mass is 9.79. The van der Waals surface area contributed by atoms with Gasteiger partial charge in [0.05, 0.1) is 0 Å². The lowest BCUT2D eigenvalue weighted by molar-refractivity contribution is 0.0216. The molecule has 3 aliphatic heterocycles. The van der Waals surface area contributed by atoms with Crippen LogP contribution in [0.1, 0.15) is 30.3 Å². The van der Waals surface area contributed by atoms with Crippen molar-refractivity contribution in [2.75, 3.05) is 13.1 Å². The van der Waals surface area contributed by atoms with Gasteiger partial charge in [0.15, 0.2) is 0 Å². The topological polar surface area (TPSA) is 48.1 Å². The van der Waals surface area contributed by atoms with E-state index in [0.717, 1.165) is 11.3 Å². The molecule has 1 aromatic heterocycles. The van der Waals surface area contributed by atoms with Gasteiger partial charge in [-0.3, -0.25) is 9.69 Å². The molecule has 1 aromatic carbocycles. The van der Waals surface area contributed by atoms with Crippen LogP contribution in [0.4, 0.5) is 0 Å². The second-order valence-electron chi connectivity index (χ2n) is 6.76. The maximum absolute atomic E-state index is 12.6. The second kappa shape index (κ2) is 5.85. The molecule has 1 amide bonds. The zero-order valence-corrected chi connectivity index (χ0v) is 13.5. The minimum Gasteiger partial charge on any atom is -0.351 e. The normalized spacial score (nSPS) is 29.4. The van der Waals surface area contributed by atoms with Gasteiger partial charge in [0.25, 0.3) is 5.91 Å². The number of carbonyl (C=O) groups excluding carboxylic acids is 1. The number of aromatic amines is 1. The van der Waals surface area contributed by atoms with E-state index in [2.05, 4.69) is 22.1 Å². The van der Waals surface area contributed by atoms with Crippen molar-refractivity contribution in [3.63, 3.8) is 0 Å². The van der Waals surface area contributed by atoms with Gasteiger partial charge in [-0.2, -0.15) is 0 Å². The van der Waals surface area contributed by atoms with E-state index < -0.39 is 0 Å². The zero-order valence-electron chi connectivity index (χ0n) is 13.5. The fourth-order valence-corrected chi connectivity index (χ4v) is 4.09. The first-order valence-electron chi connectivity index (χ1n) is 8.52. The number of benzene rings is 1. The molecule has 2 N–H and O–H groups in total. The first-order chi connectivity index (χ1) is 11.2. The zero-order chi connectivity index (χ0) is 15.8. The number of amides is 1. The monoisotopic (exact) mass is 309 g/mol. The number of H-pyrrole nitrogens is 1. The Labute approximate surface area is 136 Å². The lowest BCUT2D eigenvalue weighted by Crippen LogP contribution is -2.62. The molecule has 0 saturated carbocycles. The molecule has 2 atom stereocenters. The molecular formula is C19H23N3O. The molecule has 4 heterocycles. The molecule has 0 aliphatic carbocycles. The van der Waals surface area contributed by atoms with Gasteiger partial charge in [-0.15, -0.1) is 0 Å². The Kier molecular flexibility index (Phi) is 3.69. The molecule has 2 aromatic rings. The van der Waals surface area contributed by atoms with Gasteiger partial charge in [0, 0.05) is 17.8 Å². The summed E-state index contributed by atoms with van der Waals surface area (Å²) in [5, 5.41) is 3.27. The molecule has 5 rings (SSSR count). The molecule has 3 fully saturated rings. The van der Waals surface area contributed by atoms with Crippen LogP contribution in [0, 0.1) is 5.92 Å². The van der Waals surface area contributed by atoms with E-state index in [-0.39, 0.29) is 11.9 Å². The van der Waals surface area contributed by atoms with Crippen LogP contribution < -0.4 is 5.32 Å². The standard InChI is InChI=1S/C19H23N3O/c1-13-18(15-9-11-22(13)12-10-15)21-19(23)17-8-7-16(20-17)14-5-3-2-4-6-14/h2-8,13,15,18,20H,9-12H2,1H3,(H,21,23)/t13-,18-/m0/s1. The summed E-state index contributed by atoms with van der Waals surface area (Å²) in [6.45, 7) is 4.60. The van der Waals surface area contributed by atoms with Crippen molar-refractivity contribution in [1.82, 2.24) is 15.2 Å². The number of rotatable bonds is 3. The van der Waals surface area contributed by atoms with Crippen LogP contribution in [0.2, 0.25) is 0 Å². The quantitative estimate of drug-likeness (QED) is 0.916. The Hall–Kier alpha value is -2.07. The van der Waals surface area contributed by atoms with Gasteiger partial charge < -0.3 is 10.3 Å². The Balaban J connectivity index is 1.49. The highest BCUT2D eigenvalue weighted by Crippen LogP contribution is 2.32. The summed E-state index contributed by atoms with van der Waals surface area (Å²) in [5.41, 5.74) is 2.73. The Morgan fingerprint density at radius 3 is 2.57 bits per heavy atom. The number of piperidine rings is 3. The van der Waals surface area contributed by atoms with Gasteiger partial charge in [0.1, 0.15) is 5.69 Å². The number of aromatic nitrogens is 1. The summed E-state index contributed by atoms with van der Waals surface area (Å²) in [4.78, 5) is 18.4. The SMILES string of the molecule is C[C@H]1[C@H](NC(=O)c2ccc(-c3ccccc3)[nH]2)C2CCN1CC2. The van der Waals surface area contributed by atoms with Crippen molar-refractivity contribution in [1.29, 1.82) is 0 Å². The number of hydrogen-bond donors (Lipinski definition) is 2. The van der Waals surface area contributed by atoms with Crippen LogP contribution in [0.15, 0.2) is 42.5 Å². The first kappa shape index (κ1) is 14.5. The van der Waals surface area contributed by atoms with E-state index >= 15 is 0 Å². The molecule has 120 valence electrons. The van der Waals surface area contributed by atoms with Crippen LogP contribution in [-0.2, 0) is 0 Å². The minimum absolute atomic E-state index is 0.0118. The molecule has 4 nitrogen and oxygen atoms in total. The number of hydrogen-bond acceptors (Lipinski definition) is 2. The number of carbonyl (C=O) groups is 1. The maximum Gasteiger partial charge on any atom is 0.267 e. The van der Waals surface area contributed by atoms with Gasteiger partial charge >= 0.3 is 0 Å². The van der Waals surface area contributed by atoms with Crippen LogP contribution in [0.3, 0.4) is 0 Å². The molecule has 3 saturated heterocycles. The predicted molar refractivity (Wildman–Crippen MR) is 91.2 cm³/mol. The molecule has 0 spiro atoms. The third kappa shape index (κ3) is 2.68. The second-order valence-corrected chi connectivity index (χ2v) is 6.76. The van der Waals surface area contributed by atoms with Crippen molar-refractivity contribution >= 4 is 5.91 Å². The molecule has 0 radical (unpaired) electrons. The van der Waals surface area contributed by atoms with E-state index in [9.17, 15) is 4.79 Å². The summed E-state index contributed by atoms with van der Waals surface area (Å²) in [7, 11) is 0. The maximum atomic E-state index is 12.6. The first-order valence-corrected chi connectivity index (χ1v) is 8.52. The van der Waals surface area contributed by atoms with Crippen molar-refractivity contribution in [3.05, 3.63) is 48.2 Å². The summed E-state index contributed by atoms with van der Waals surface area (Å²) in [6, 6.07) is 14.7. The van der Waals surface area contributed by atoms with Gasteiger partial charge in [-0.1, -0.05) is 30.3 Å². The highest BCUT2D eigenvalue weighted by molar-refractivity contribution is 5.93. The van der Waals surface area contributed by atoms with E-state index in [0.29, 0.717) is 17.7 Å². The summed E-state index contributed by atoms with van der Waals surface area (Å²) in [6.07, 6.45) is 2.41. The van der Waals surface area contributed by atoms with E-state index in [1.165, 1.54) is 25.9 Å². The number of nitrogens with one attached hydrogen (secondary N) is 2. The third-order valence-corrected chi connectivity index (χ3v) is 5.49. The molecule has 2 bridgehead atoms. The lowest BCUT2D eigenvalue weighted by Gasteiger charge is -2.49. The number of nitrogens with zero attached hydrogens (tertiary/aromatic N) is 1.